The zero-order valence-electron chi connectivity index (χ0n) is 21.5. The van der Waals surface area contributed by atoms with Crippen molar-refractivity contribution in [1.82, 2.24) is 19.4 Å². The molecule has 1 aromatic heterocycles. The van der Waals surface area contributed by atoms with Crippen molar-refractivity contribution in [1.29, 1.82) is 0 Å². The molecule has 0 bridgehead atoms. The second-order valence-electron chi connectivity index (χ2n) is 9.64. The van der Waals surface area contributed by atoms with Crippen LogP contribution in [0.15, 0.2) is 60.9 Å². The maximum Gasteiger partial charge on any atom is 0.219 e. The average Bonchev–Trinajstić information content (AvgIpc) is 3.20. The summed E-state index contributed by atoms with van der Waals surface area (Å²) in [6.45, 7) is 7.14. The molecule has 1 aliphatic heterocycles. The summed E-state index contributed by atoms with van der Waals surface area (Å²) in [7, 11) is 0. The molecule has 1 aliphatic rings. The van der Waals surface area contributed by atoms with E-state index in [1.807, 2.05) is 37.4 Å². The molecule has 3 aromatic rings. The Labute approximate surface area is 217 Å². The topological polar surface area (TPSA) is 80.1 Å². The van der Waals surface area contributed by atoms with Gasteiger partial charge in [-0.15, -0.1) is 0 Å². The Morgan fingerprint density at radius 2 is 1.92 bits per heavy atom. The predicted octanol–water partition coefficient (Wildman–Crippen LogP) is 3.27. The third-order valence-electron chi connectivity index (χ3n) is 6.50. The quantitative estimate of drug-likeness (QED) is 0.422. The monoisotopic (exact) mass is 510 g/mol. The second kappa shape index (κ2) is 12.2. The summed E-state index contributed by atoms with van der Waals surface area (Å²) in [5, 5.41) is 11.5. The minimum absolute atomic E-state index is 0.0154. The number of aryl methyl sites for hydroxylation is 2. The number of β-amino-alcohol motifs (C(OH)–C–C–N with tert-alkyl or cyclic N) is 1. The highest BCUT2D eigenvalue weighted by Crippen LogP contribution is 2.21. The highest BCUT2D eigenvalue weighted by Gasteiger charge is 2.37. The molecule has 1 atom stereocenters. The first-order chi connectivity index (χ1) is 17.8. The number of nitrogens with zero attached hydrogens (tertiary/aromatic N) is 4. The normalized spacial score (nSPS) is 18.4. The molecule has 37 heavy (non-hydrogen) atoms. The molecular weight excluding hydrogens is 475 g/mol. The van der Waals surface area contributed by atoms with Crippen molar-refractivity contribution in [2.75, 3.05) is 39.4 Å². The van der Waals surface area contributed by atoms with E-state index in [1.165, 1.54) is 31.2 Å². The van der Waals surface area contributed by atoms with E-state index in [0.717, 1.165) is 30.1 Å². The number of halogens is 1. The van der Waals surface area contributed by atoms with Crippen LogP contribution in [0.5, 0.6) is 11.5 Å². The van der Waals surface area contributed by atoms with Crippen LogP contribution in [0.1, 0.15) is 24.7 Å². The molecule has 0 spiro atoms. The lowest BCUT2D eigenvalue weighted by atomic mass is 10.0. The van der Waals surface area contributed by atoms with Crippen LogP contribution in [-0.2, 0) is 17.9 Å². The molecular formula is C28H35FN4O4. The number of rotatable bonds is 10. The van der Waals surface area contributed by atoms with Gasteiger partial charge in [0, 0.05) is 52.0 Å². The van der Waals surface area contributed by atoms with Crippen LogP contribution in [0.2, 0.25) is 0 Å². The van der Waals surface area contributed by atoms with Gasteiger partial charge in [-0.25, -0.2) is 9.37 Å². The van der Waals surface area contributed by atoms with Gasteiger partial charge in [-0.1, -0.05) is 12.1 Å². The number of hydrogen-bond acceptors (Lipinski definition) is 6. The minimum atomic E-state index is -1.28. The van der Waals surface area contributed by atoms with E-state index in [4.69, 9.17) is 9.47 Å². The summed E-state index contributed by atoms with van der Waals surface area (Å²) in [4.78, 5) is 20.2. The van der Waals surface area contributed by atoms with Crippen molar-refractivity contribution < 1.29 is 23.8 Å². The van der Waals surface area contributed by atoms with E-state index >= 15 is 0 Å². The van der Waals surface area contributed by atoms with Gasteiger partial charge in [-0.2, -0.15) is 0 Å². The first kappa shape index (κ1) is 26.6. The Hall–Kier alpha value is -3.43. The number of hydrogen-bond donors (Lipinski definition) is 1. The fourth-order valence-electron chi connectivity index (χ4n) is 4.54. The first-order valence-corrected chi connectivity index (χ1v) is 12.6. The van der Waals surface area contributed by atoms with Crippen LogP contribution in [0.25, 0.3) is 0 Å². The molecule has 1 amide bonds. The van der Waals surface area contributed by atoms with Crippen LogP contribution < -0.4 is 9.47 Å². The molecule has 1 fully saturated rings. The zero-order chi connectivity index (χ0) is 26.3. The largest absolute Gasteiger partial charge is 0.494 e. The second-order valence-corrected chi connectivity index (χ2v) is 9.64. The minimum Gasteiger partial charge on any atom is -0.494 e. The number of carbonyl (C=O) groups is 1. The van der Waals surface area contributed by atoms with Gasteiger partial charge in [0.25, 0.3) is 0 Å². The fraction of sp³-hybridized carbons (Fsp3) is 0.429. The maximum atomic E-state index is 13.2. The predicted molar refractivity (Wildman–Crippen MR) is 138 cm³/mol. The summed E-state index contributed by atoms with van der Waals surface area (Å²) < 4.78 is 27.1. The molecule has 2 aromatic carbocycles. The number of benzene rings is 2. The number of aliphatic hydroxyl groups is 1. The standard InChI is InChI=1S/C28H35FN4O4/c1-22-30-11-13-32(22)12-4-16-36-27-6-3-5-24(17-27)18-31-14-15-33(23(2)34)20-28(35,19-31)21-37-26-9-7-25(29)8-10-26/h3,5-11,13,17,35H,4,12,14-16,18-21H2,1-2H3/t28-/m1/s1. The number of aromatic nitrogens is 2. The smallest absolute Gasteiger partial charge is 0.219 e. The summed E-state index contributed by atoms with van der Waals surface area (Å²) in [5.74, 6) is 1.81. The fourth-order valence-corrected chi connectivity index (χ4v) is 4.54. The van der Waals surface area contributed by atoms with Gasteiger partial charge in [0.2, 0.25) is 5.91 Å². The third-order valence-corrected chi connectivity index (χ3v) is 6.50. The number of ether oxygens (including phenoxy) is 2. The molecule has 0 unspecified atom stereocenters. The molecule has 9 heteroatoms. The maximum absolute atomic E-state index is 13.2. The van der Waals surface area contributed by atoms with Gasteiger partial charge in [0.1, 0.15) is 35.3 Å². The number of amides is 1. The Kier molecular flexibility index (Phi) is 8.78. The molecule has 2 heterocycles. The van der Waals surface area contributed by atoms with E-state index in [-0.39, 0.29) is 24.9 Å². The molecule has 0 saturated carbocycles. The van der Waals surface area contributed by atoms with Crippen LogP contribution in [-0.4, -0.2) is 75.4 Å². The van der Waals surface area contributed by atoms with E-state index in [0.29, 0.717) is 38.5 Å². The van der Waals surface area contributed by atoms with Gasteiger partial charge in [-0.05, 0) is 55.3 Å². The van der Waals surface area contributed by atoms with Crippen molar-refractivity contribution in [3.05, 3.63) is 78.1 Å². The molecule has 4 rings (SSSR count). The van der Waals surface area contributed by atoms with Crippen LogP contribution >= 0.6 is 0 Å². The van der Waals surface area contributed by atoms with Gasteiger partial charge in [0.15, 0.2) is 0 Å². The van der Waals surface area contributed by atoms with Crippen molar-refractivity contribution in [3.8, 4) is 11.5 Å². The van der Waals surface area contributed by atoms with Gasteiger partial charge >= 0.3 is 0 Å². The summed E-state index contributed by atoms with van der Waals surface area (Å²) >= 11 is 0. The third kappa shape index (κ3) is 7.77. The Bertz CT molecular complexity index is 1170. The average molecular weight is 511 g/mol. The van der Waals surface area contributed by atoms with Crippen molar-refractivity contribution in [3.63, 3.8) is 0 Å². The molecule has 0 aliphatic carbocycles. The Morgan fingerprint density at radius 1 is 1.11 bits per heavy atom. The lowest BCUT2D eigenvalue weighted by Crippen LogP contribution is -2.51. The van der Waals surface area contributed by atoms with E-state index < -0.39 is 5.60 Å². The number of imidazole rings is 1. The molecule has 1 saturated heterocycles. The summed E-state index contributed by atoms with van der Waals surface area (Å²) in [5.41, 5.74) is -0.225. The van der Waals surface area contributed by atoms with Gasteiger partial charge in [-0.3, -0.25) is 9.69 Å². The Morgan fingerprint density at radius 3 is 2.65 bits per heavy atom. The lowest BCUT2D eigenvalue weighted by molar-refractivity contribution is -0.132. The van der Waals surface area contributed by atoms with E-state index in [2.05, 4.69) is 14.5 Å². The Balaban J connectivity index is 1.36. The molecule has 0 radical (unpaired) electrons. The molecule has 1 N–H and O–H groups in total. The zero-order valence-corrected chi connectivity index (χ0v) is 21.5. The first-order valence-electron chi connectivity index (χ1n) is 12.6. The van der Waals surface area contributed by atoms with Gasteiger partial charge < -0.3 is 24.0 Å². The number of carbonyl (C=O) groups excluding carboxylic acids is 1. The lowest BCUT2D eigenvalue weighted by Gasteiger charge is -2.32. The van der Waals surface area contributed by atoms with Crippen molar-refractivity contribution in [2.45, 2.75) is 39.0 Å². The molecule has 8 nitrogen and oxygen atoms in total. The van der Waals surface area contributed by atoms with Crippen molar-refractivity contribution in [2.24, 2.45) is 0 Å². The van der Waals surface area contributed by atoms with Crippen LogP contribution in [0.4, 0.5) is 4.39 Å². The van der Waals surface area contributed by atoms with Crippen LogP contribution in [0, 0.1) is 12.7 Å². The summed E-state index contributed by atoms with van der Waals surface area (Å²) in [6, 6.07) is 13.6. The van der Waals surface area contributed by atoms with Gasteiger partial charge in [0.05, 0.1) is 13.2 Å². The van der Waals surface area contributed by atoms with E-state index in [1.54, 1.807) is 11.1 Å². The van der Waals surface area contributed by atoms with E-state index in [9.17, 15) is 14.3 Å². The highest BCUT2D eigenvalue weighted by molar-refractivity contribution is 5.73. The van der Waals surface area contributed by atoms with Crippen molar-refractivity contribution >= 4 is 5.91 Å². The highest BCUT2D eigenvalue weighted by atomic mass is 19.1. The SMILES string of the molecule is CC(=O)N1CCN(Cc2cccc(OCCCn3ccnc3C)c2)C[C@](O)(COc2ccc(F)cc2)C1. The summed E-state index contributed by atoms with van der Waals surface area (Å²) in [6.07, 6.45) is 4.64. The molecule has 198 valence electrons. The van der Waals surface area contributed by atoms with Crippen LogP contribution in [0.3, 0.4) is 0 Å².